The number of hydrogen-bond acceptors (Lipinski definition) is 1. The number of alkyl halides is 3. The van der Waals surface area contributed by atoms with Crippen LogP contribution in [0, 0.1) is 5.92 Å². The summed E-state index contributed by atoms with van der Waals surface area (Å²) in [6, 6.07) is 0. The van der Waals surface area contributed by atoms with Crippen LogP contribution >= 0.6 is 0 Å². The first-order valence-corrected chi connectivity index (χ1v) is 6.54. The van der Waals surface area contributed by atoms with Gasteiger partial charge in [0.2, 0.25) is 0 Å². The largest absolute Gasteiger partial charge is 0.583 e. The van der Waals surface area contributed by atoms with Crippen molar-refractivity contribution in [1.29, 1.82) is 0 Å². The summed E-state index contributed by atoms with van der Waals surface area (Å²) in [5, 5.41) is 0. The molecule has 20 heavy (non-hydrogen) atoms. The maximum atomic E-state index is 10.5. The summed E-state index contributed by atoms with van der Waals surface area (Å²) in [5.74, 6) is 0.790. The number of nitrogens with zero attached hydrogens (tertiary/aromatic N) is 1. The van der Waals surface area contributed by atoms with E-state index in [0.717, 1.165) is 12.6 Å². The van der Waals surface area contributed by atoms with Gasteiger partial charge in [0.1, 0.15) is 0 Å². The second-order valence-electron chi connectivity index (χ2n) is 5.61. The van der Waals surface area contributed by atoms with Crippen molar-refractivity contribution in [3.8, 4) is 0 Å². The Bertz CT molecular complexity index is 261. The lowest BCUT2D eigenvalue weighted by atomic mass is 9.92. The highest BCUT2D eigenvalue weighted by Crippen LogP contribution is 2.31. The Morgan fingerprint density at radius 2 is 1.50 bits per heavy atom. The van der Waals surface area contributed by atoms with Crippen LogP contribution in [0.15, 0.2) is 0 Å². The zero-order valence-electron chi connectivity index (χ0n) is 12.0. The zero-order chi connectivity index (χ0) is 16.0. The van der Waals surface area contributed by atoms with Crippen molar-refractivity contribution in [2.45, 2.75) is 32.8 Å². The van der Waals surface area contributed by atoms with E-state index in [-0.39, 0.29) is 0 Å². The topological polar surface area (TPSA) is 9.23 Å². The molecule has 1 heterocycles. The minimum absolute atomic E-state index is 0.790. The van der Waals surface area contributed by atoms with Gasteiger partial charge < -0.3 is 22.2 Å². The number of ether oxygens (including phenoxy) is 1. The fourth-order valence-corrected chi connectivity index (χ4v) is 2.42. The summed E-state index contributed by atoms with van der Waals surface area (Å²) in [7, 11) is 1.82. The molecule has 0 aromatic carbocycles. The molecule has 1 saturated heterocycles. The molecule has 0 bridgehead atoms. The van der Waals surface area contributed by atoms with Crippen molar-refractivity contribution in [2.75, 3.05) is 33.5 Å². The molecular formula is C11H22BF6NO. The molecule has 0 spiro atoms. The Balaban J connectivity index is 0.000000396. The minimum Gasteiger partial charge on any atom is -0.443 e. The van der Waals surface area contributed by atoms with Crippen molar-refractivity contribution < 1.29 is 35.3 Å². The molecule has 0 amide bonds. The molecule has 0 aliphatic carbocycles. The molecule has 0 saturated carbocycles. The van der Waals surface area contributed by atoms with Crippen LogP contribution in [0.25, 0.3) is 0 Å². The van der Waals surface area contributed by atoms with Crippen molar-refractivity contribution in [2.24, 2.45) is 5.92 Å². The third-order valence-electron chi connectivity index (χ3n) is 3.04. The van der Waals surface area contributed by atoms with Crippen molar-refractivity contribution in [3.05, 3.63) is 0 Å². The fraction of sp³-hybridized carbons (Fsp3) is 1.00. The van der Waals surface area contributed by atoms with Crippen LogP contribution in [0.5, 0.6) is 0 Å². The number of halogens is 6. The van der Waals surface area contributed by atoms with Crippen molar-refractivity contribution in [3.63, 3.8) is 0 Å². The van der Waals surface area contributed by atoms with Crippen LogP contribution in [-0.4, -0.2) is 51.0 Å². The smallest absolute Gasteiger partial charge is 0.443 e. The summed E-state index contributed by atoms with van der Waals surface area (Å²) in [5.41, 5.74) is 0. The first kappa shape index (κ1) is 19.6. The highest BCUT2D eigenvalue weighted by molar-refractivity contribution is 6.60. The highest BCUT2D eigenvalue weighted by atomic mass is 19.4. The second-order valence-corrected chi connectivity index (χ2v) is 5.61. The van der Waals surface area contributed by atoms with Gasteiger partial charge in [-0.05, 0) is 0 Å². The maximum Gasteiger partial charge on any atom is 0.583 e. The third kappa shape index (κ3) is 6.83. The van der Waals surface area contributed by atoms with E-state index >= 15 is 0 Å². The molecule has 0 N–H and O–H groups in total. The number of rotatable bonds is 4. The van der Waals surface area contributed by atoms with Crippen LogP contribution in [0.2, 0.25) is 0 Å². The van der Waals surface area contributed by atoms with Crippen LogP contribution in [0.1, 0.15) is 26.7 Å². The standard InChI is InChI=1S/C10H22NO.CBF6/c1-10(2)8-11(9-12-3)6-4-5-7-11;3-1(4,5)2(6,7)8/h10H,4-9H2,1-3H3;/q+1;-1. The lowest BCUT2D eigenvalue weighted by Crippen LogP contribution is -2.48. The van der Waals surface area contributed by atoms with Gasteiger partial charge in [-0.25, -0.2) is 13.2 Å². The fourth-order valence-electron chi connectivity index (χ4n) is 2.42. The Labute approximate surface area is 115 Å². The molecular weight excluding hydrogens is 287 g/mol. The summed E-state index contributed by atoms with van der Waals surface area (Å²) in [6.07, 6.45) is -3.23. The maximum absolute atomic E-state index is 10.5. The average Bonchev–Trinajstić information content (AvgIpc) is 2.63. The predicted molar refractivity (Wildman–Crippen MR) is 65.9 cm³/mol. The van der Waals surface area contributed by atoms with Gasteiger partial charge in [0.05, 0.1) is 19.6 Å². The quantitative estimate of drug-likeness (QED) is 0.436. The van der Waals surface area contributed by atoms with E-state index < -0.39 is 13.1 Å². The molecule has 0 atom stereocenters. The number of quaternary nitrogens is 1. The first-order chi connectivity index (χ1) is 8.93. The van der Waals surface area contributed by atoms with Crippen LogP contribution in [0.3, 0.4) is 0 Å². The number of hydrogen-bond donors (Lipinski definition) is 0. The Morgan fingerprint density at radius 3 is 1.75 bits per heavy atom. The van der Waals surface area contributed by atoms with E-state index in [1.807, 2.05) is 7.11 Å². The van der Waals surface area contributed by atoms with E-state index in [1.165, 1.54) is 37.0 Å². The minimum atomic E-state index is -6.65. The molecule has 0 radical (unpaired) electrons. The molecule has 0 aromatic rings. The van der Waals surface area contributed by atoms with E-state index in [1.54, 1.807) is 0 Å². The van der Waals surface area contributed by atoms with E-state index in [4.69, 9.17) is 4.74 Å². The second kappa shape index (κ2) is 7.54. The average molecular weight is 309 g/mol. The highest BCUT2D eigenvalue weighted by Gasteiger charge is 2.53. The van der Waals surface area contributed by atoms with Gasteiger partial charge in [-0.2, -0.15) is 0 Å². The van der Waals surface area contributed by atoms with Crippen molar-refractivity contribution >= 4 is 6.98 Å². The number of likely N-dealkylation sites (tertiary alicyclic amines) is 1. The normalized spacial score (nSPS) is 18.9. The lowest BCUT2D eigenvalue weighted by Gasteiger charge is -2.34. The van der Waals surface area contributed by atoms with E-state index in [2.05, 4.69) is 13.8 Å². The Hall–Kier alpha value is -0.435. The zero-order valence-corrected chi connectivity index (χ0v) is 12.0. The summed E-state index contributed by atoms with van der Waals surface area (Å²) < 4.78 is 69.4. The molecule has 122 valence electrons. The summed E-state index contributed by atoms with van der Waals surface area (Å²) in [6.45, 7) is 2.80. The lowest BCUT2D eigenvalue weighted by molar-refractivity contribution is -0.937. The van der Waals surface area contributed by atoms with Gasteiger partial charge in [0.15, 0.2) is 6.73 Å². The third-order valence-corrected chi connectivity index (χ3v) is 3.04. The summed E-state index contributed by atoms with van der Waals surface area (Å²) in [4.78, 5) is 0. The van der Waals surface area contributed by atoms with Gasteiger partial charge in [0.25, 0.3) is 0 Å². The molecule has 2 nitrogen and oxygen atoms in total. The molecule has 1 aliphatic rings. The van der Waals surface area contributed by atoms with Gasteiger partial charge >= 0.3 is 13.1 Å². The van der Waals surface area contributed by atoms with E-state index in [0.29, 0.717) is 0 Å². The molecule has 0 unspecified atom stereocenters. The molecule has 1 aliphatic heterocycles. The van der Waals surface area contributed by atoms with Gasteiger partial charge in [-0.15, -0.1) is 0 Å². The van der Waals surface area contributed by atoms with Gasteiger partial charge in [-0.1, -0.05) is 13.8 Å². The monoisotopic (exact) mass is 309 g/mol. The first-order valence-electron chi connectivity index (χ1n) is 6.54. The Kier molecular flexibility index (Phi) is 7.37. The molecule has 0 aromatic heterocycles. The van der Waals surface area contributed by atoms with Crippen LogP contribution in [-0.2, 0) is 4.74 Å². The van der Waals surface area contributed by atoms with Gasteiger partial charge in [0, 0.05) is 25.9 Å². The predicted octanol–water partition coefficient (Wildman–Crippen LogP) is 3.79. The van der Waals surface area contributed by atoms with Crippen LogP contribution < -0.4 is 0 Å². The Morgan fingerprint density at radius 1 is 1.10 bits per heavy atom. The molecule has 1 rings (SSSR count). The SMILES string of the molecule is COC[N+]1(CC(C)C)CCCC1.F[B-](F)(F)C(F)(F)F. The van der Waals surface area contributed by atoms with Crippen LogP contribution in [0.4, 0.5) is 26.1 Å². The van der Waals surface area contributed by atoms with E-state index in [9.17, 15) is 26.1 Å². The van der Waals surface area contributed by atoms with Gasteiger partial charge in [-0.3, -0.25) is 0 Å². The molecule has 9 heteroatoms. The number of methoxy groups -OCH3 is 1. The van der Waals surface area contributed by atoms with Crippen molar-refractivity contribution in [1.82, 2.24) is 0 Å². The molecule has 1 fully saturated rings. The summed E-state index contributed by atoms with van der Waals surface area (Å²) >= 11 is 0.